The number of hydrogen-bond donors (Lipinski definition) is 1. The lowest BCUT2D eigenvalue weighted by Gasteiger charge is -2.30. The molecule has 0 saturated carbocycles. The highest BCUT2D eigenvalue weighted by atomic mass is 79.9. The first-order chi connectivity index (χ1) is 8.77. The molecule has 0 unspecified atom stereocenters. The first kappa shape index (κ1) is 13.8. The molecule has 98 valence electrons. The van der Waals surface area contributed by atoms with Gasteiger partial charge in [0.05, 0.1) is 6.61 Å². The quantitative estimate of drug-likeness (QED) is 0.643. The summed E-state index contributed by atoms with van der Waals surface area (Å²) in [7, 11) is 1.74. The SMILES string of the molecule is COCCNCC1(c2cccc(Br)c2)CC=CC1. The Bertz CT molecular complexity index is 409. The molecular weight excluding hydrogens is 290 g/mol. The van der Waals surface area contributed by atoms with Gasteiger partial charge in [-0.1, -0.05) is 40.2 Å². The second kappa shape index (κ2) is 6.50. The van der Waals surface area contributed by atoms with E-state index in [0.29, 0.717) is 0 Å². The van der Waals surface area contributed by atoms with E-state index in [1.165, 1.54) is 5.56 Å². The highest BCUT2D eigenvalue weighted by Crippen LogP contribution is 2.37. The lowest BCUT2D eigenvalue weighted by molar-refractivity contribution is 0.196. The second-order valence-electron chi connectivity index (χ2n) is 4.84. The van der Waals surface area contributed by atoms with Gasteiger partial charge in [-0.3, -0.25) is 0 Å². The van der Waals surface area contributed by atoms with Gasteiger partial charge in [0.1, 0.15) is 0 Å². The van der Waals surface area contributed by atoms with Gasteiger partial charge < -0.3 is 10.1 Å². The fourth-order valence-corrected chi connectivity index (χ4v) is 2.90. The topological polar surface area (TPSA) is 21.3 Å². The summed E-state index contributed by atoms with van der Waals surface area (Å²) >= 11 is 3.57. The second-order valence-corrected chi connectivity index (χ2v) is 5.76. The standard InChI is InChI=1S/C15H20BrNO/c1-18-10-9-17-12-15(7-2-3-8-15)13-5-4-6-14(16)11-13/h2-6,11,17H,7-10,12H2,1H3. The summed E-state index contributed by atoms with van der Waals surface area (Å²) in [6.07, 6.45) is 6.81. The number of halogens is 1. The van der Waals surface area contributed by atoms with Crippen LogP contribution in [0.15, 0.2) is 40.9 Å². The molecule has 0 heterocycles. The predicted octanol–water partition coefficient (Wildman–Crippen LogP) is 3.27. The molecule has 0 atom stereocenters. The third-order valence-electron chi connectivity index (χ3n) is 3.57. The van der Waals surface area contributed by atoms with Crippen molar-refractivity contribution in [3.05, 3.63) is 46.5 Å². The Morgan fingerprint density at radius 3 is 2.78 bits per heavy atom. The van der Waals surface area contributed by atoms with Crippen LogP contribution in [0.25, 0.3) is 0 Å². The first-order valence-corrected chi connectivity index (χ1v) is 7.17. The van der Waals surface area contributed by atoms with Crippen molar-refractivity contribution in [2.45, 2.75) is 18.3 Å². The molecule has 3 heteroatoms. The molecule has 0 aromatic heterocycles. The Balaban J connectivity index is 2.07. The van der Waals surface area contributed by atoms with E-state index < -0.39 is 0 Å². The first-order valence-electron chi connectivity index (χ1n) is 6.37. The van der Waals surface area contributed by atoms with Crippen LogP contribution < -0.4 is 5.32 Å². The third kappa shape index (κ3) is 3.22. The number of benzene rings is 1. The molecule has 0 spiro atoms. The molecule has 0 amide bonds. The molecule has 1 aromatic carbocycles. The summed E-state index contributed by atoms with van der Waals surface area (Å²) in [6.45, 7) is 2.67. The van der Waals surface area contributed by atoms with Crippen LogP contribution in [0, 0.1) is 0 Å². The van der Waals surface area contributed by atoms with Gasteiger partial charge in [-0.15, -0.1) is 0 Å². The normalized spacial score (nSPS) is 17.2. The highest BCUT2D eigenvalue weighted by Gasteiger charge is 2.32. The van der Waals surface area contributed by atoms with E-state index in [-0.39, 0.29) is 5.41 Å². The van der Waals surface area contributed by atoms with Crippen molar-refractivity contribution >= 4 is 15.9 Å². The number of hydrogen-bond acceptors (Lipinski definition) is 2. The van der Waals surface area contributed by atoms with Gasteiger partial charge in [0.2, 0.25) is 0 Å². The van der Waals surface area contributed by atoms with Crippen molar-refractivity contribution in [3.8, 4) is 0 Å². The van der Waals surface area contributed by atoms with E-state index in [1.54, 1.807) is 7.11 Å². The summed E-state index contributed by atoms with van der Waals surface area (Å²) in [5.41, 5.74) is 1.63. The van der Waals surface area contributed by atoms with Crippen LogP contribution in [0.1, 0.15) is 18.4 Å². The van der Waals surface area contributed by atoms with E-state index in [1.807, 2.05) is 0 Å². The molecular formula is C15H20BrNO. The van der Waals surface area contributed by atoms with Gasteiger partial charge in [-0.25, -0.2) is 0 Å². The summed E-state index contributed by atoms with van der Waals surface area (Å²) in [4.78, 5) is 0. The van der Waals surface area contributed by atoms with Crippen LogP contribution in [-0.2, 0) is 10.2 Å². The van der Waals surface area contributed by atoms with Gasteiger partial charge >= 0.3 is 0 Å². The van der Waals surface area contributed by atoms with E-state index >= 15 is 0 Å². The summed E-state index contributed by atoms with van der Waals surface area (Å²) in [5, 5.41) is 3.51. The van der Waals surface area contributed by atoms with Crippen molar-refractivity contribution < 1.29 is 4.74 Å². The Labute approximate surface area is 118 Å². The maximum absolute atomic E-state index is 5.08. The van der Waals surface area contributed by atoms with Crippen LogP contribution in [0.2, 0.25) is 0 Å². The zero-order valence-electron chi connectivity index (χ0n) is 10.8. The average Bonchev–Trinajstić information content (AvgIpc) is 2.85. The molecule has 18 heavy (non-hydrogen) atoms. The summed E-state index contributed by atoms with van der Waals surface area (Å²) in [5.74, 6) is 0. The van der Waals surface area contributed by atoms with Crippen molar-refractivity contribution in [2.24, 2.45) is 0 Å². The van der Waals surface area contributed by atoms with Crippen molar-refractivity contribution in [2.75, 3.05) is 26.8 Å². The van der Waals surface area contributed by atoms with Gasteiger partial charge in [-0.05, 0) is 30.5 Å². The lowest BCUT2D eigenvalue weighted by atomic mass is 9.78. The molecule has 1 N–H and O–H groups in total. The number of ether oxygens (including phenoxy) is 1. The van der Waals surface area contributed by atoms with Crippen molar-refractivity contribution in [1.29, 1.82) is 0 Å². The van der Waals surface area contributed by atoms with Crippen LogP contribution in [0.5, 0.6) is 0 Å². The number of rotatable bonds is 6. The monoisotopic (exact) mass is 309 g/mol. The maximum atomic E-state index is 5.08. The number of nitrogens with one attached hydrogen (secondary N) is 1. The average molecular weight is 310 g/mol. The van der Waals surface area contributed by atoms with Gasteiger partial charge in [-0.2, -0.15) is 0 Å². The van der Waals surface area contributed by atoms with Crippen LogP contribution in [0.3, 0.4) is 0 Å². The van der Waals surface area contributed by atoms with E-state index in [4.69, 9.17) is 4.74 Å². The predicted molar refractivity (Wildman–Crippen MR) is 78.9 cm³/mol. The molecule has 1 aliphatic rings. The summed E-state index contributed by atoms with van der Waals surface area (Å²) in [6, 6.07) is 8.67. The number of allylic oxidation sites excluding steroid dienone is 2. The molecule has 0 saturated heterocycles. The van der Waals surface area contributed by atoms with Crippen LogP contribution >= 0.6 is 15.9 Å². The van der Waals surface area contributed by atoms with E-state index in [2.05, 4.69) is 57.7 Å². The lowest BCUT2D eigenvalue weighted by Crippen LogP contribution is -2.37. The maximum Gasteiger partial charge on any atom is 0.0587 e. The molecule has 1 aliphatic carbocycles. The number of methoxy groups -OCH3 is 1. The van der Waals surface area contributed by atoms with E-state index in [0.717, 1.165) is 37.0 Å². The van der Waals surface area contributed by atoms with Gasteiger partial charge in [0.25, 0.3) is 0 Å². The van der Waals surface area contributed by atoms with Gasteiger partial charge in [0.15, 0.2) is 0 Å². The molecule has 0 aliphatic heterocycles. The van der Waals surface area contributed by atoms with Crippen molar-refractivity contribution in [1.82, 2.24) is 5.32 Å². The minimum absolute atomic E-state index is 0.220. The smallest absolute Gasteiger partial charge is 0.0587 e. The Kier molecular flexibility index (Phi) is 4.98. The Morgan fingerprint density at radius 1 is 1.33 bits per heavy atom. The van der Waals surface area contributed by atoms with Crippen LogP contribution in [0.4, 0.5) is 0 Å². The molecule has 0 bridgehead atoms. The molecule has 0 fully saturated rings. The Hall–Kier alpha value is -0.640. The third-order valence-corrected chi connectivity index (χ3v) is 4.06. The minimum atomic E-state index is 0.220. The van der Waals surface area contributed by atoms with Crippen LogP contribution in [-0.4, -0.2) is 26.8 Å². The molecule has 1 aromatic rings. The minimum Gasteiger partial charge on any atom is -0.383 e. The zero-order chi connectivity index (χ0) is 12.8. The highest BCUT2D eigenvalue weighted by molar-refractivity contribution is 9.10. The largest absolute Gasteiger partial charge is 0.383 e. The Morgan fingerprint density at radius 2 is 2.11 bits per heavy atom. The van der Waals surface area contributed by atoms with Gasteiger partial charge in [0, 0.05) is 30.1 Å². The fraction of sp³-hybridized carbons (Fsp3) is 0.467. The van der Waals surface area contributed by atoms with E-state index in [9.17, 15) is 0 Å². The molecule has 2 nitrogen and oxygen atoms in total. The van der Waals surface area contributed by atoms with Crippen molar-refractivity contribution in [3.63, 3.8) is 0 Å². The fourth-order valence-electron chi connectivity index (χ4n) is 2.50. The molecule has 2 rings (SSSR count). The molecule has 0 radical (unpaired) electrons. The summed E-state index contributed by atoms with van der Waals surface area (Å²) < 4.78 is 6.23. The zero-order valence-corrected chi connectivity index (χ0v) is 12.4.